The molecular formula is C23H29FN6. The quantitative estimate of drug-likeness (QED) is 0.497. The van der Waals surface area contributed by atoms with Gasteiger partial charge in [-0.25, -0.2) is 14.4 Å². The van der Waals surface area contributed by atoms with E-state index in [4.69, 9.17) is 16.5 Å². The van der Waals surface area contributed by atoms with Crippen molar-refractivity contribution in [3.05, 3.63) is 78.1 Å². The second-order valence-corrected chi connectivity index (χ2v) is 7.41. The predicted octanol–water partition coefficient (Wildman–Crippen LogP) is 3.34. The summed E-state index contributed by atoms with van der Waals surface area (Å²) >= 11 is 0. The topological polar surface area (TPSA) is 92.0 Å². The number of aliphatic imine (C=N–C) groups is 2. The Morgan fingerprint density at radius 2 is 2.10 bits per heavy atom. The summed E-state index contributed by atoms with van der Waals surface area (Å²) in [6.45, 7) is 8.33. The molecule has 0 radical (unpaired) electrons. The van der Waals surface area contributed by atoms with E-state index in [1.54, 1.807) is 24.5 Å². The highest BCUT2D eigenvalue weighted by Gasteiger charge is 2.41. The maximum Gasteiger partial charge on any atom is 0.123 e. The van der Waals surface area contributed by atoms with Gasteiger partial charge in [0.1, 0.15) is 5.82 Å². The number of rotatable bonds is 6. The van der Waals surface area contributed by atoms with Crippen LogP contribution in [0.4, 0.5) is 10.1 Å². The third-order valence-electron chi connectivity index (χ3n) is 5.46. The molecular weight excluding hydrogens is 379 g/mol. The van der Waals surface area contributed by atoms with Crippen LogP contribution in [0.25, 0.3) is 0 Å². The normalized spacial score (nSPS) is 25.4. The molecule has 1 unspecified atom stereocenters. The van der Waals surface area contributed by atoms with Gasteiger partial charge in [-0.1, -0.05) is 11.6 Å². The van der Waals surface area contributed by atoms with Gasteiger partial charge in [0.05, 0.1) is 17.1 Å². The molecule has 1 atom stereocenters. The molecule has 30 heavy (non-hydrogen) atoms. The Morgan fingerprint density at radius 3 is 2.73 bits per heavy atom. The van der Waals surface area contributed by atoms with Gasteiger partial charge in [0.25, 0.3) is 0 Å². The predicted molar refractivity (Wildman–Crippen MR) is 122 cm³/mol. The van der Waals surface area contributed by atoms with Gasteiger partial charge in [-0.2, -0.15) is 0 Å². The van der Waals surface area contributed by atoms with Gasteiger partial charge >= 0.3 is 0 Å². The largest absolute Gasteiger partial charge is 0.404 e. The van der Waals surface area contributed by atoms with Crippen molar-refractivity contribution in [3.8, 4) is 0 Å². The summed E-state index contributed by atoms with van der Waals surface area (Å²) in [6, 6.07) is 6.14. The SMILES string of the molecule is C=CC12CC(=CN)C(=Nc3ccc(F)cc3)C=C1CCN(NC(C=NCC)=CN)C2. The number of piperidine rings is 1. The summed E-state index contributed by atoms with van der Waals surface area (Å²) in [5, 5.41) is 2.13. The van der Waals surface area contributed by atoms with E-state index in [0.29, 0.717) is 18.7 Å². The average molecular weight is 409 g/mol. The van der Waals surface area contributed by atoms with E-state index in [-0.39, 0.29) is 11.2 Å². The number of allylic oxidation sites excluding steroid dienone is 3. The van der Waals surface area contributed by atoms with Crippen molar-refractivity contribution in [2.45, 2.75) is 19.8 Å². The molecule has 1 aliphatic heterocycles. The van der Waals surface area contributed by atoms with Crippen molar-refractivity contribution >= 4 is 17.6 Å². The number of hydrogen-bond donors (Lipinski definition) is 3. The molecule has 1 aromatic rings. The Bertz CT molecular complexity index is 926. The first kappa shape index (κ1) is 21.5. The van der Waals surface area contributed by atoms with E-state index >= 15 is 0 Å². The van der Waals surface area contributed by atoms with E-state index in [9.17, 15) is 4.39 Å². The average Bonchev–Trinajstić information content (AvgIpc) is 2.77. The minimum absolute atomic E-state index is 0.250. The minimum Gasteiger partial charge on any atom is -0.404 e. The van der Waals surface area contributed by atoms with E-state index in [1.165, 1.54) is 23.9 Å². The van der Waals surface area contributed by atoms with Crippen LogP contribution in [0, 0.1) is 11.2 Å². The number of hydrogen-bond acceptors (Lipinski definition) is 6. The second kappa shape index (κ2) is 9.54. The first-order chi connectivity index (χ1) is 14.5. The van der Waals surface area contributed by atoms with Crippen molar-refractivity contribution in [1.29, 1.82) is 0 Å². The van der Waals surface area contributed by atoms with Crippen LogP contribution in [0.15, 0.2) is 82.2 Å². The van der Waals surface area contributed by atoms with Crippen molar-refractivity contribution in [1.82, 2.24) is 10.4 Å². The maximum atomic E-state index is 13.2. The van der Waals surface area contributed by atoms with Crippen LogP contribution < -0.4 is 16.9 Å². The van der Waals surface area contributed by atoms with E-state index < -0.39 is 0 Å². The standard InChI is InChI=1S/C23H29FN6/c1-3-23-12-17(13-25)22(28-20-7-5-19(24)6-8-20)11-18(23)9-10-30(16-23)29-21(14-26)15-27-4-2/h3,5-8,11,13-15,29H,1,4,9-10,12,16,25-26H2,2H3. The van der Waals surface area contributed by atoms with Gasteiger partial charge in [-0.3, -0.25) is 4.99 Å². The zero-order chi connectivity index (χ0) is 21.6. The van der Waals surface area contributed by atoms with Crippen LogP contribution in [-0.2, 0) is 0 Å². The monoisotopic (exact) mass is 408 g/mol. The van der Waals surface area contributed by atoms with Gasteiger partial charge < -0.3 is 16.9 Å². The first-order valence-electron chi connectivity index (χ1n) is 10.1. The minimum atomic E-state index is -0.282. The molecule has 1 aromatic carbocycles. The lowest BCUT2D eigenvalue weighted by Gasteiger charge is -2.46. The van der Waals surface area contributed by atoms with E-state index in [1.807, 2.05) is 13.0 Å². The van der Waals surface area contributed by atoms with Gasteiger partial charge in [0.2, 0.25) is 0 Å². The molecule has 5 N–H and O–H groups in total. The smallest absolute Gasteiger partial charge is 0.123 e. The summed E-state index contributed by atoms with van der Waals surface area (Å²) < 4.78 is 13.2. The molecule has 0 saturated carbocycles. The van der Waals surface area contributed by atoms with Gasteiger partial charge in [0, 0.05) is 37.5 Å². The molecule has 6 nitrogen and oxygen atoms in total. The van der Waals surface area contributed by atoms with Crippen molar-refractivity contribution in [3.63, 3.8) is 0 Å². The van der Waals surface area contributed by atoms with Crippen LogP contribution in [0.2, 0.25) is 0 Å². The molecule has 3 rings (SSSR count). The van der Waals surface area contributed by atoms with Crippen LogP contribution in [0.5, 0.6) is 0 Å². The molecule has 158 valence electrons. The molecule has 1 aliphatic carbocycles. The molecule has 2 aliphatic rings. The summed E-state index contributed by atoms with van der Waals surface area (Å²) in [6.07, 6.45) is 10.5. The Labute approximate surface area is 177 Å². The lowest BCUT2D eigenvalue weighted by Crippen LogP contribution is -2.51. The Morgan fingerprint density at radius 1 is 1.33 bits per heavy atom. The molecule has 0 bridgehead atoms. The molecule has 0 amide bonds. The Hall–Kier alpha value is -3.19. The number of nitrogens with one attached hydrogen (secondary N) is 1. The van der Waals surface area contributed by atoms with Crippen molar-refractivity contribution in [2.24, 2.45) is 26.9 Å². The van der Waals surface area contributed by atoms with Crippen LogP contribution in [0.1, 0.15) is 19.8 Å². The van der Waals surface area contributed by atoms with Crippen LogP contribution in [0.3, 0.4) is 0 Å². The number of nitrogens with zero attached hydrogens (tertiary/aromatic N) is 3. The van der Waals surface area contributed by atoms with Crippen molar-refractivity contribution < 1.29 is 4.39 Å². The number of hydrazine groups is 1. The highest BCUT2D eigenvalue weighted by Crippen LogP contribution is 2.45. The third kappa shape index (κ3) is 4.68. The third-order valence-corrected chi connectivity index (χ3v) is 5.46. The molecule has 1 heterocycles. The number of fused-ring (bicyclic) bond motifs is 1. The number of benzene rings is 1. The lowest BCUT2D eigenvalue weighted by molar-refractivity contribution is 0.132. The fourth-order valence-corrected chi connectivity index (χ4v) is 3.85. The highest BCUT2D eigenvalue weighted by atomic mass is 19.1. The summed E-state index contributed by atoms with van der Waals surface area (Å²) in [5.74, 6) is -0.282. The molecule has 7 heteroatoms. The zero-order valence-corrected chi connectivity index (χ0v) is 17.3. The number of halogens is 1. The Kier molecular flexibility index (Phi) is 6.84. The number of nitrogens with two attached hydrogens (primary N) is 2. The van der Waals surface area contributed by atoms with Crippen molar-refractivity contribution in [2.75, 3.05) is 19.6 Å². The summed E-state index contributed by atoms with van der Waals surface area (Å²) in [5.41, 5.74) is 19.3. The summed E-state index contributed by atoms with van der Waals surface area (Å²) in [7, 11) is 0. The molecule has 1 saturated heterocycles. The van der Waals surface area contributed by atoms with Crippen LogP contribution >= 0.6 is 0 Å². The zero-order valence-electron chi connectivity index (χ0n) is 17.3. The van der Waals surface area contributed by atoms with Crippen LogP contribution in [-0.4, -0.2) is 36.6 Å². The molecule has 0 aromatic heterocycles. The second-order valence-electron chi connectivity index (χ2n) is 7.41. The maximum absolute atomic E-state index is 13.2. The van der Waals surface area contributed by atoms with E-state index in [2.05, 4.69) is 28.1 Å². The Balaban J connectivity index is 1.87. The van der Waals surface area contributed by atoms with Gasteiger partial charge in [0.15, 0.2) is 0 Å². The van der Waals surface area contributed by atoms with E-state index in [0.717, 1.165) is 36.5 Å². The molecule has 1 fully saturated rings. The summed E-state index contributed by atoms with van der Waals surface area (Å²) in [4.78, 5) is 8.95. The fourth-order valence-electron chi connectivity index (χ4n) is 3.85. The highest BCUT2D eigenvalue weighted by molar-refractivity contribution is 6.11. The van der Waals surface area contributed by atoms with Gasteiger partial charge in [-0.05, 0) is 61.9 Å². The fraction of sp³-hybridized carbons (Fsp3) is 0.304. The first-order valence-corrected chi connectivity index (χ1v) is 10.1. The van der Waals surface area contributed by atoms with Gasteiger partial charge in [-0.15, -0.1) is 6.58 Å². The lowest BCUT2D eigenvalue weighted by atomic mass is 9.67. The molecule has 0 spiro atoms.